The topological polar surface area (TPSA) is 43.6 Å². The zero-order valence-electron chi connectivity index (χ0n) is 8.11. The first-order chi connectivity index (χ1) is 7.27. The molecule has 2 heterocycles. The summed E-state index contributed by atoms with van der Waals surface area (Å²) in [6.45, 7) is 0. The summed E-state index contributed by atoms with van der Waals surface area (Å²) in [5, 5.41) is 0. The van der Waals surface area contributed by atoms with E-state index in [1.165, 1.54) is 7.11 Å². The maximum absolute atomic E-state index is 11.4. The van der Waals surface area contributed by atoms with Gasteiger partial charge in [0.05, 0.1) is 18.7 Å². The molecule has 78 valence electrons. The number of carbonyl (C=O) groups is 1. The second-order valence-corrected chi connectivity index (χ2v) is 3.23. The van der Waals surface area contributed by atoms with Gasteiger partial charge in [0.2, 0.25) is 0 Å². The molecule has 0 radical (unpaired) electrons. The standard InChI is InChI=1S/C10H9ClN2O2/c1-15-10(14)9-7(6-11)13-5-3-2-4-8(13)12-9/h2-5H,6H2,1H3. The molecule has 0 spiro atoms. The lowest BCUT2D eigenvalue weighted by atomic mass is 10.3. The van der Waals surface area contributed by atoms with Crippen LogP contribution in [0.4, 0.5) is 0 Å². The van der Waals surface area contributed by atoms with Gasteiger partial charge in [-0.15, -0.1) is 11.6 Å². The molecule has 0 aliphatic heterocycles. The summed E-state index contributed by atoms with van der Waals surface area (Å²) < 4.78 is 6.41. The van der Waals surface area contributed by atoms with Crippen molar-refractivity contribution < 1.29 is 9.53 Å². The summed E-state index contributed by atoms with van der Waals surface area (Å²) in [5.74, 6) is -0.246. The van der Waals surface area contributed by atoms with Gasteiger partial charge < -0.3 is 9.14 Å². The van der Waals surface area contributed by atoms with Gasteiger partial charge in [-0.05, 0) is 12.1 Å². The monoisotopic (exact) mass is 224 g/mol. The summed E-state index contributed by atoms with van der Waals surface area (Å²) in [7, 11) is 1.32. The molecule has 0 unspecified atom stereocenters. The first-order valence-electron chi connectivity index (χ1n) is 4.38. The van der Waals surface area contributed by atoms with Crippen molar-refractivity contribution in [3.8, 4) is 0 Å². The quantitative estimate of drug-likeness (QED) is 0.578. The highest BCUT2D eigenvalue weighted by Gasteiger charge is 2.17. The molecule has 0 atom stereocenters. The first kappa shape index (κ1) is 9.98. The van der Waals surface area contributed by atoms with Crippen LogP contribution in [0, 0.1) is 0 Å². The molecule has 0 saturated heterocycles. The molecule has 2 aromatic heterocycles. The van der Waals surface area contributed by atoms with E-state index in [0.717, 1.165) is 0 Å². The normalized spacial score (nSPS) is 10.5. The molecule has 0 bridgehead atoms. The Morgan fingerprint density at radius 3 is 3.07 bits per heavy atom. The summed E-state index contributed by atoms with van der Waals surface area (Å²) in [4.78, 5) is 15.6. The average molecular weight is 225 g/mol. The number of fused-ring (bicyclic) bond motifs is 1. The predicted octanol–water partition coefficient (Wildman–Crippen LogP) is 1.86. The number of methoxy groups -OCH3 is 1. The van der Waals surface area contributed by atoms with Gasteiger partial charge in [-0.3, -0.25) is 0 Å². The van der Waals surface area contributed by atoms with Crippen LogP contribution in [0.25, 0.3) is 5.65 Å². The van der Waals surface area contributed by atoms with Gasteiger partial charge in [-0.25, -0.2) is 9.78 Å². The van der Waals surface area contributed by atoms with Gasteiger partial charge in [0, 0.05) is 6.20 Å². The van der Waals surface area contributed by atoms with Crippen LogP contribution >= 0.6 is 11.6 Å². The SMILES string of the molecule is COC(=O)c1nc2ccccn2c1CCl. The minimum atomic E-state index is -0.464. The Morgan fingerprint density at radius 2 is 2.40 bits per heavy atom. The maximum atomic E-state index is 11.4. The lowest BCUT2D eigenvalue weighted by Gasteiger charge is -1.98. The van der Waals surface area contributed by atoms with E-state index in [4.69, 9.17) is 11.6 Å². The average Bonchev–Trinajstić information content (AvgIpc) is 2.66. The van der Waals surface area contributed by atoms with E-state index in [2.05, 4.69) is 9.72 Å². The van der Waals surface area contributed by atoms with Crippen LogP contribution in [-0.4, -0.2) is 22.5 Å². The third-order valence-electron chi connectivity index (χ3n) is 2.13. The van der Waals surface area contributed by atoms with E-state index < -0.39 is 5.97 Å². The zero-order chi connectivity index (χ0) is 10.8. The largest absolute Gasteiger partial charge is 0.464 e. The smallest absolute Gasteiger partial charge is 0.358 e. The number of aromatic nitrogens is 2. The van der Waals surface area contributed by atoms with Crippen molar-refractivity contribution in [1.82, 2.24) is 9.38 Å². The highest BCUT2D eigenvalue weighted by atomic mass is 35.5. The number of imidazole rings is 1. The second kappa shape index (κ2) is 3.90. The Labute approximate surface area is 91.4 Å². The number of rotatable bonds is 2. The van der Waals surface area contributed by atoms with Crippen molar-refractivity contribution in [3.63, 3.8) is 0 Å². The van der Waals surface area contributed by atoms with E-state index in [0.29, 0.717) is 11.3 Å². The first-order valence-corrected chi connectivity index (χ1v) is 4.91. The van der Waals surface area contributed by atoms with E-state index >= 15 is 0 Å². The molecular formula is C10H9ClN2O2. The molecule has 0 aliphatic carbocycles. The number of hydrogen-bond donors (Lipinski definition) is 0. The molecule has 2 rings (SSSR count). The highest BCUT2D eigenvalue weighted by molar-refractivity contribution is 6.17. The molecular weight excluding hydrogens is 216 g/mol. The van der Waals surface area contributed by atoms with E-state index in [-0.39, 0.29) is 11.6 Å². The Kier molecular flexibility index (Phi) is 2.60. The number of hydrogen-bond acceptors (Lipinski definition) is 3. The fraction of sp³-hybridized carbons (Fsp3) is 0.200. The number of alkyl halides is 1. The molecule has 0 N–H and O–H groups in total. The third-order valence-corrected chi connectivity index (χ3v) is 2.39. The minimum absolute atomic E-state index is 0.218. The van der Waals surface area contributed by atoms with Crippen LogP contribution in [0.1, 0.15) is 16.2 Å². The Bertz CT molecular complexity index is 507. The van der Waals surface area contributed by atoms with Gasteiger partial charge >= 0.3 is 5.97 Å². The number of esters is 1. The fourth-order valence-electron chi connectivity index (χ4n) is 1.43. The van der Waals surface area contributed by atoms with Crippen molar-refractivity contribution in [2.24, 2.45) is 0 Å². The lowest BCUT2D eigenvalue weighted by Crippen LogP contribution is -2.05. The summed E-state index contributed by atoms with van der Waals surface area (Å²) in [6, 6.07) is 5.51. The molecule has 2 aromatic rings. The number of ether oxygens (including phenoxy) is 1. The highest BCUT2D eigenvalue weighted by Crippen LogP contribution is 2.15. The van der Waals surface area contributed by atoms with Crippen molar-refractivity contribution in [2.45, 2.75) is 5.88 Å². The van der Waals surface area contributed by atoms with Gasteiger partial charge in [-0.1, -0.05) is 6.07 Å². The second-order valence-electron chi connectivity index (χ2n) is 2.96. The van der Waals surface area contributed by atoms with E-state index in [1.54, 1.807) is 4.40 Å². The molecule has 5 heteroatoms. The van der Waals surface area contributed by atoms with Gasteiger partial charge in [0.1, 0.15) is 5.65 Å². The van der Waals surface area contributed by atoms with E-state index in [9.17, 15) is 4.79 Å². The molecule has 0 saturated carbocycles. The van der Waals surface area contributed by atoms with Gasteiger partial charge in [0.15, 0.2) is 5.69 Å². The Hall–Kier alpha value is -1.55. The van der Waals surface area contributed by atoms with Crippen molar-refractivity contribution >= 4 is 23.2 Å². The molecule has 0 aliphatic rings. The fourth-order valence-corrected chi connectivity index (χ4v) is 1.69. The van der Waals surface area contributed by atoms with Crippen molar-refractivity contribution in [3.05, 3.63) is 35.8 Å². The van der Waals surface area contributed by atoms with E-state index in [1.807, 2.05) is 24.4 Å². The van der Waals surface area contributed by atoms with Crippen LogP contribution < -0.4 is 0 Å². The summed E-state index contributed by atoms with van der Waals surface area (Å²) >= 11 is 5.78. The number of pyridine rings is 1. The third kappa shape index (κ3) is 1.57. The molecule has 0 fully saturated rings. The number of halogens is 1. The van der Waals surface area contributed by atoms with Crippen LogP contribution in [-0.2, 0) is 10.6 Å². The van der Waals surface area contributed by atoms with Crippen LogP contribution in [0.2, 0.25) is 0 Å². The number of carbonyl (C=O) groups excluding carboxylic acids is 1. The van der Waals surface area contributed by atoms with Crippen LogP contribution in [0.15, 0.2) is 24.4 Å². The molecule has 15 heavy (non-hydrogen) atoms. The van der Waals surface area contributed by atoms with Crippen molar-refractivity contribution in [2.75, 3.05) is 7.11 Å². The number of nitrogens with zero attached hydrogens (tertiary/aromatic N) is 2. The van der Waals surface area contributed by atoms with Gasteiger partial charge in [0.25, 0.3) is 0 Å². The maximum Gasteiger partial charge on any atom is 0.358 e. The van der Waals surface area contributed by atoms with Crippen LogP contribution in [0.3, 0.4) is 0 Å². The predicted molar refractivity (Wildman–Crippen MR) is 56.1 cm³/mol. The molecule has 0 aromatic carbocycles. The molecule has 0 amide bonds. The van der Waals surface area contributed by atoms with Crippen LogP contribution in [0.5, 0.6) is 0 Å². The minimum Gasteiger partial charge on any atom is -0.464 e. The Balaban J connectivity index is 2.69. The van der Waals surface area contributed by atoms with Gasteiger partial charge in [-0.2, -0.15) is 0 Å². The summed E-state index contributed by atoms with van der Waals surface area (Å²) in [5.41, 5.74) is 1.62. The molecule has 4 nitrogen and oxygen atoms in total. The van der Waals surface area contributed by atoms with Crippen molar-refractivity contribution in [1.29, 1.82) is 0 Å². The zero-order valence-corrected chi connectivity index (χ0v) is 8.86. The Morgan fingerprint density at radius 1 is 1.60 bits per heavy atom. The lowest BCUT2D eigenvalue weighted by molar-refractivity contribution is 0.0594. The summed E-state index contributed by atoms with van der Waals surface area (Å²) in [6.07, 6.45) is 1.81.